The smallest absolute Gasteiger partial charge is 0.435 e. The Morgan fingerprint density at radius 1 is 1.17 bits per heavy atom. The number of rotatable bonds is 12. The maximum atomic E-state index is 13.9. The molecule has 0 unspecified atom stereocenters. The first-order valence-electron chi connectivity index (χ1n) is 13.8. The molecule has 0 bridgehead atoms. The van der Waals surface area contributed by atoms with Crippen LogP contribution in [0.15, 0.2) is 53.7 Å². The zero-order chi connectivity index (χ0) is 29.4. The molecule has 0 spiro atoms. The van der Waals surface area contributed by atoms with Gasteiger partial charge in [0.25, 0.3) is 0 Å². The Bertz CT molecular complexity index is 1430. The van der Waals surface area contributed by atoms with Crippen LogP contribution < -0.4 is 14.9 Å². The average Bonchev–Trinajstić information content (AvgIpc) is 3.47. The van der Waals surface area contributed by atoms with E-state index in [-0.39, 0.29) is 17.9 Å². The maximum Gasteiger partial charge on any atom is 0.510 e. The molecule has 1 amide bonds. The summed E-state index contributed by atoms with van der Waals surface area (Å²) in [5.41, 5.74) is 0.878. The van der Waals surface area contributed by atoms with Crippen molar-refractivity contribution in [2.75, 3.05) is 44.0 Å². The second kappa shape index (κ2) is 13.7. The van der Waals surface area contributed by atoms with Gasteiger partial charge in [-0.25, -0.2) is 18.2 Å². The zero-order valence-electron chi connectivity index (χ0n) is 23.6. The third kappa shape index (κ3) is 7.47. The molecule has 222 valence electrons. The maximum absolute atomic E-state index is 13.9. The number of ether oxygens (including phenoxy) is 2. The number of anilines is 2. The quantitative estimate of drug-likeness (QED) is 0.214. The lowest BCUT2D eigenvalue weighted by atomic mass is 10.1. The molecule has 1 aromatic heterocycles. The van der Waals surface area contributed by atoms with E-state index in [1.807, 2.05) is 37.2 Å². The van der Waals surface area contributed by atoms with Gasteiger partial charge in [0.05, 0.1) is 11.5 Å². The number of sulfonamides is 1. The minimum atomic E-state index is -4.13. The highest BCUT2D eigenvalue weighted by atomic mass is 32.2. The van der Waals surface area contributed by atoms with Crippen molar-refractivity contribution in [1.82, 2.24) is 19.6 Å². The van der Waals surface area contributed by atoms with Crippen molar-refractivity contribution < 1.29 is 27.5 Å². The Hall–Kier alpha value is -3.84. The molecule has 0 saturated carbocycles. The lowest BCUT2D eigenvalue weighted by Gasteiger charge is -2.36. The summed E-state index contributed by atoms with van der Waals surface area (Å²) in [5, 5.41) is 4.46. The van der Waals surface area contributed by atoms with Crippen molar-refractivity contribution in [3.63, 3.8) is 0 Å². The number of fused-ring (bicyclic) bond motifs is 1. The van der Waals surface area contributed by atoms with Crippen molar-refractivity contribution in [2.45, 2.75) is 56.2 Å². The normalized spacial score (nSPS) is 16.3. The number of hydrogen-bond acceptors (Lipinski definition) is 9. The molecule has 2 heterocycles. The summed E-state index contributed by atoms with van der Waals surface area (Å²) >= 11 is 0. The number of aromatic amines is 1. The SMILES string of the molecule is CCOC(=O)O[C@@H]1CCCCN1C(=O)[C@H](CCCNc1ncc[nH]1)NS(=O)(=O)c1cccc2c(N(C)C)cccc12. The molecular formula is C28H38N6O6S. The number of benzene rings is 2. The summed E-state index contributed by atoms with van der Waals surface area (Å²) in [6.07, 6.45) is 4.23. The number of piperidine rings is 1. The number of nitrogens with one attached hydrogen (secondary N) is 3. The van der Waals surface area contributed by atoms with Crippen LogP contribution in [0.25, 0.3) is 10.8 Å². The predicted octanol–water partition coefficient (Wildman–Crippen LogP) is 3.68. The fraction of sp³-hybridized carbons (Fsp3) is 0.464. The van der Waals surface area contributed by atoms with E-state index < -0.39 is 34.4 Å². The van der Waals surface area contributed by atoms with Crippen LogP contribution in [0.4, 0.5) is 16.4 Å². The van der Waals surface area contributed by atoms with Crippen molar-refractivity contribution >= 4 is 44.5 Å². The number of amides is 1. The molecule has 3 aromatic rings. The number of H-pyrrole nitrogens is 1. The highest BCUT2D eigenvalue weighted by Crippen LogP contribution is 2.30. The molecular weight excluding hydrogens is 548 g/mol. The molecule has 12 nitrogen and oxygen atoms in total. The van der Waals surface area contributed by atoms with Crippen LogP contribution in [-0.2, 0) is 24.3 Å². The molecule has 2 atom stereocenters. The minimum Gasteiger partial charge on any atom is -0.435 e. The number of aromatic nitrogens is 2. The number of nitrogens with zero attached hydrogens (tertiary/aromatic N) is 3. The van der Waals surface area contributed by atoms with E-state index in [1.54, 1.807) is 31.5 Å². The second-order valence-corrected chi connectivity index (χ2v) is 11.7. The fourth-order valence-corrected chi connectivity index (χ4v) is 6.43. The predicted molar refractivity (Wildman–Crippen MR) is 156 cm³/mol. The van der Waals surface area contributed by atoms with Crippen LogP contribution in [0, 0.1) is 0 Å². The Morgan fingerprint density at radius 3 is 2.68 bits per heavy atom. The van der Waals surface area contributed by atoms with Crippen LogP contribution >= 0.6 is 0 Å². The van der Waals surface area contributed by atoms with Crippen LogP contribution in [0.5, 0.6) is 0 Å². The van der Waals surface area contributed by atoms with Gasteiger partial charge in [0.2, 0.25) is 15.9 Å². The highest BCUT2D eigenvalue weighted by Gasteiger charge is 2.36. The topological polar surface area (TPSA) is 146 Å². The van der Waals surface area contributed by atoms with Gasteiger partial charge in [0, 0.05) is 62.5 Å². The summed E-state index contributed by atoms with van der Waals surface area (Å²) in [6, 6.07) is 9.51. The van der Waals surface area contributed by atoms with Crippen LogP contribution in [-0.4, -0.2) is 81.4 Å². The summed E-state index contributed by atoms with van der Waals surface area (Å²) < 4.78 is 40.8. The van der Waals surface area contributed by atoms with E-state index in [0.717, 1.165) is 17.5 Å². The van der Waals surface area contributed by atoms with E-state index in [1.165, 1.54) is 11.0 Å². The summed E-state index contributed by atoms with van der Waals surface area (Å²) in [6.45, 7) is 2.61. The van der Waals surface area contributed by atoms with Crippen LogP contribution in [0.2, 0.25) is 0 Å². The largest absolute Gasteiger partial charge is 0.510 e. The van der Waals surface area contributed by atoms with E-state index in [4.69, 9.17) is 9.47 Å². The standard InChI is InChI=1S/C28H38N6O6S/c1-4-39-28(36)40-25-15-5-6-19-34(25)26(35)22(12-9-16-29-27-30-17-18-31-27)32-41(37,38)24-14-8-10-20-21(24)11-7-13-23(20)33(2)3/h7-8,10-11,13-14,17-18,22,25,32H,4-6,9,12,15-16,19H2,1-3H3,(H2,29,30,31)/t22-,25+/m0/s1. The fourth-order valence-electron chi connectivity index (χ4n) is 4.99. The zero-order valence-corrected chi connectivity index (χ0v) is 24.4. The molecule has 1 fully saturated rings. The molecule has 3 N–H and O–H groups in total. The molecule has 1 aliphatic heterocycles. The Kier molecular flexibility index (Phi) is 10.1. The van der Waals surface area contributed by atoms with Crippen molar-refractivity contribution in [3.05, 3.63) is 48.8 Å². The molecule has 0 aliphatic carbocycles. The first-order chi connectivity index (χ1) is 19.7. The Morgan fingerprint density at radius 2 is 1.95 bits per heavy atom. The Labute approximate surface area is 240 Å². The number of carbonyl (C=O) groups is 2. The Balaban J connectivity index is 1.60. The van der Waals surface area contributed by atoms with Crippen molar-refractivity contribution in [1.29, 1.82) is 0 Å². The van der Waals surface area contributed by atoms with Crippen LogP contribution in [0.1, 0.15) is 39.0 Å². The first kappa shape index (κ1) is 30.1. The minimum absolute atomic E-state index is 0.0863. The van der Waals surface area contributed by atoms with Gasteiger partial charge in [0.15, 0.2) is 12.2 Å². The molecule has 1 saturated heterocycles. The number of hydrogen-bond donors (Lipinski definition) is 3. The third-order valence-corrected chi connectivity index (χ3v) is 8.44. The molecule has 1 aliphatic rings. The van der Waals surface area contributed by atoms with E-state index >= 15 is 0 Å². The molecule has 2 aromatic carbocycles. The van der Waals surface area contributed by atoms with Gasteiger partial charge in [-0.15, -0.1) is 0 Å². The number of carbonyl (C=O) groups excluding carboxylic acids is 2. The van der Waals surface area contributed by atoms with Crippen molar-refractivity contribution in [2.24, 2.45) is 0 Å². The monoisotopic (exact) mass is 586 g/mol. The number of imidazole rings is 1. The summed E-state index contributed by atoms with van der Waals surface area (Å²) in [5.74, 6) is 0.134. The highest BCUT2D eigenvalue weighted by molar-refractivity contribution is 7.89. The van der Waals surface area contributed by atoms with E-state index in [2.05, 4.69) is 20.0 Å². The lowest BCUT2D eigenvalue weighted by molar-refractivity contribution is -0.148. The third-order valence-electron chi connectivity index (χ3n) is 6.91. The second-order valence-electron chi connectivity index (χ2n) is 9.99. The molecule has 13 heteroatoms. The van der Waals surface area contributed by atoms with Crippen molar-refractivity contribution in [3.8, 4) is 0 Å². The van der Waals surface area contributed by atoms with Gasteiger partial charge in [-0.2, -0.15) is 4.72 Å². The van der Waals surface area contributed by atoms with Gasteiger partial charge in [-0.1, -0.05) is 24.3 Å². The average molecular weight is 587 g/mol. The van der Waals surface area contributed by atoms with E-state index in [0.29, 0.717) is 43.7 Å². The summed E-state index contributed by atoms with van der Waals surface area (Å²) in [4.78, 5) is 36.5. The summed E-state index contributed by atoms with van der Waals surface area (Å²) in [7, 11) is -0.337. The van der Waals surface area contributed by atoms with Crippen LogP contribution in [0.3, 0.4) is 0 Å². The number of likely N-dealkylation sites (tertiary alicyclic amines) is 1. The van der Waals surface area contributed by atoms with Gasteiger partial charge < -0.3 is 29.6 Å². The van der Waals surface area contributed by atoms with Gasteiger partial charge >= 0.3 is 6.16 Å². The molecule has 41 heavy (non-hydrogen) atoms. The van der Waals surface area contributed by atoms with Gasteiger partial charge in [0.1, 0.15) is 6.04 Å². The van der Waals surface area contributed by atoms with Gasteiger partial charge in [-0.3, -0.25) is 4.79 Å². The van der Waals surface area contributed by atoms with Gasteiger partial charge in [-0.05, 0) is 44.7 Å². The first-order valence-corrected chi connectivity index (χ1v) is 15.3. The lowest BCUT2D eigenvalue weighted by Crippen LogP contribution is -2.54. The molecule has 4 rings (SSSR count). The molecule has 0 radical (unpaired) electrons. The van der Waals surface area contributed by atoms with E-state index in [9.17, 15) is 18.0 Å².